The second kappa shape index (κ2) is 7.62. The van der Waals surface area contributed by atoms with Crippen LogP contribution in [-0.4, -0.2) is 47.8 Å². The molecule has 1 aromatic heterocycles. The molecule has 4 nitrogen and oxygen atoms in total. The van der Waals surface area contributed by atoms with E-state index in [4.69, 9.17) is 0 Å². The molecule has 2 aromatic rings. The standard InChI is InChI=1S/C19H22N2O2S/c1-15-4-2-5-16(12-15)13-18(22)20-7-3-8-21(10-9-20)19(23)17-6-11-24-14-17/h2,4-6,11-12,14H,3,7-10,13H2,1H3. The Kier molecular flexibility index (Phi) is 5.30. The van der Waals surface area contributed by atoms with Gasteiger partial charge in [-0.3, -0.25) is 9.59 Å². The smallest absolute Gasteiger partial charge is 0.254 e. The first kappa shape index (κ1) is 16.7. The molecule has 0 atom stereocenters. The summed E-state index contributed by atoms with van der Waals surface area (Å²) in [4.78, 5) is 28.8. The van der Waals surface area contributed by atoms with E-state index in [0.29, 0.717) is 26.1 Å². The summed E-state index contributed by atoms with van der Waals surface area (Å²) in [5, 5.41) is 3.80. The average Bonchev–Trinajstić information content (AvgIpc) is 2.98. The van der Waals surface area contributed by atoms with E-state index < -0.39 is 0 Å². The van der Waals surface area contributed by atoms with E-state index >= 15 is 0 Å². The van der Waals surface area contributed by atoms with Crippen LogP contribution in [0.25, 0.3) is 0 Å². The maximum Gasteiger partial charge on any atom is 0.254 e. The van der Waals surface area contributed by atoms with Gasteiger partial charge in [-0.15, -0.1) is 0 Å². The van der Waals surface area contributed by atoms with Crippen LogP contribution in [0.1, 0.15) is 27.9 Å². The summed E-state index contributed by atoms with van der Waals surface area (Å²) in [6.07, 6.45) is 1.26. The lowest BCUT2D eigenvalue weighted by atomic mass is 10.1. The SMILES string of the molecule is Cc1cccc(CC(=O)N2CCCN(C(=O)c3ccsc3)CC2)c1. The molecule has 1 aliphatic rings. The first-order valence-electron chi connectivity index (χ1n) is 8.28. The van der Waals surface area contributed by atoms with E-state index in [1.807, 2.05) is 51.7 Å². The second-order valence-corrected chi connectivity index (χ2v) is 6.98. The van der Waals surface area contributed by atoms with Gasteiger partial charge in [-0.1, -0.05) is 29.8 Å². The van der Waals surface area contributed by atoms with Crippen molar-refractivity contribution < 1.29 is 9.59 Å². The van der Waals surface area contributed by atoms with Crippen LogP contribution in [0.3, 0.4) is 0 Å². The molecule has 2 heterocycles. The summed E-state index contributed by atoms with van der Waals surface area (Å²) < 4.78 is 0. The van der Waals surface area contributed by atoms with Gasteiger partial charge in [0.05, 0.1) is 12.0 Å². The fraction of sp³-hybridized carbons (Fsp3) is 0.368. The Morgan fingerprint density at radius 2 is 1.88 bits per heavy atom. The number of amides is 2. The molecule has 0 aliphatic carbocycles. The predicted octanol–water partition coefficient (Wildman–Crippen LogP) is 2.97. The minimum atomic E-state index is 0.0734. The highest BCUT2D eigenvalue weighted by Gasteiger charge is 2.23. The van der Waals surface area contributed by atoms with Crippen molar-refractivity contribution in [2.75, 3.05) is 26.2 Å². The van der Waals surface area contributed by atoms with Gasteiger partial charge in [0.2, 0.25) is 5.91 Å². The molecule has 0 spiro atoms. The van der Waals surface area contributed by atoms with Crippen LogP contribution >= 0.6 is 11.3 Å². The van der Waals surface area contributed by atoms with Gasteiger partial charge in [0.1, 0.15) is 0 Å². The van der Waals surface area contributed by atoms with Crippen LogP contribution in [0.5, 0.6) is 0 Å². The van der Waals surface area contributed by atoms with Crippen molar-refractivity contribution >= 4 is 23.2 Å². The Morgan fingerprint density at radius 3 is 2.62 bits per heavy atom. The number of nitrogens with zero attached hydrogens (tertiary/aromatic N) is 2. The molecule has 1 aromatic carbocycles. The summed E-state index contributed by atoms with van der Waals surface area (Å²) in [5.74, 6) is 0.217. The molecule has 2 amide bonds. The van der Waals surface area contributed by atoms with Crippen molar-refractivity contribution in [3.63, 3.8) is 0 Å². The van der Waals surface area contributed by atoms with Crippen LogP contribution in [0.4, 0.5) is 0 Å². The number of thiophene rings is 1. The number of carbonyl (C=O) groups is 2. The third kappa shape index (κ3) is 4.03. The Labute approximate surface area is 146 Å². The molecule has 5 heteroatoms. The van der Waals surface area contributed by atoms with Crippen molar-refractivity contribution in [2.24, 2.45) is 0 Å². The zero-order valence-electron chi connectivity index (χ0n) is 13.9. The molecule has 0 bridgehead atoms. The molecule has 0 saturated carbocycles. The largest absolute Gasteiger partial charge is 0.341 e. The molecule has 1 aliphatic heterocycles. The minimum Gasteiger partial charge on any atom is -0.341 e. The van der Waals surface area contributed by atoms with Crippen molar-refractivity contribution in [1.29, 1.82) is 0 Å². The predicted molar refractivity (Wildman–Crippen MR) is 96.3 cm³/mol. The van der Waals surface area contributed by atoms with Crippen LogP contribution in [0.15, 0.2) is 41.1 Å². The van der Waals surface area contributed by atoms with Gasteiger partial charge in [0, 0.05) is 31.6 Å². The molecule has 0 unspecified atom stereocenters. The molecule has 0 radical (unpaired) electrons. The molecule has 3 rings (SSSR count). The molecule has 0 N–H and O–H groups in total. The normalized spacial score (nSPS) is 15.2. The van der Waals surface area contributed by atoms with E-state index in [9.17, 15) is 9.59 Å². The topological polar surface area (TPSA) is 40.6 Å². The number of hydrogen-bond acceptors (Lipinski definition) is 3. The van der Waals surface area contributed by atoms with Gasteiger partial charge in [-0.25, -0.2) is 0 Å². The first-order valence-corrected chi connectivity index (χ1v) is 9.22. The second-order valence-electron chi connectivity index (χ2n) is 6.20. The van der Waals surface area contributed by atoms with Crippen molar-refractivity contribution in [1.82, 2.24) is 9.80 Å². The van der Waals surface area contributed by atoms with E-state index in [-0.39, 0.29) is 11.8 Å². The number of hydrogen-bond donors (Lipinski definition) is 0. The number of rotatable bonds is 3. The zero-order valence-corrected chi connectivity index (χ0v) is 14.7. The Bertz CT molecular complexity index is 712. The summed E-state index contributed by atoms with van der Waals surface area (Å²) in [5.41, 5.74) is 2.97. The molecular weight excluding hydrogens is 320 g/mol. The summed E-state index contributed by atoms with van der Waals surface area (Å²) in [6, 6.07) is 9.94. The summed E-state index contributed by atoms with van der Waals surface area (Å²) in [7, 11) is 0. The molecule has 1 saturated heterocycles. The van der Waals surface area contributed by atoms with E-state index in [0.717, 1.165) is 24.1 Å². The van der Waals surface area contributed by atoms with Gasteiger partial charge in [0.25, 0.3) is 5.91 Å². The van der Waals surface area contributed by atoms with Gasteiger partial charge >= 0.3 is 0 Å². The molecule has 126 valence electrons. The van der Waals surface area contributed by atoms with Gasteiger partial charge in [-0.05, 0) is 30.4 Å². The lowest BCUT2D eigenvalue weighted by Gasteiger charge is -2.22. The van der Waals surface area contributed by atoms with Gasteiger partial charge in [-0.2, -0.15) is 11.3 Å². The Morgan fingerprint density at radius 1 is 1.08 bits per heavy atom. The average molecular weight is 342 g/mol. The van der Waals surface area contributed by atoms with E-state index in [1.165, 1.54) is 16.9 Å². The highest BCUT2D eigenvalue weighted by Crippen LogP contribution is 2.13. The highest BCUT2D eigenvalue weighted by molar-refractivity contribution is 7.08. The molecule has 1 fully saturated rings. The summed E-state index contributed by atoms with van der Waals surface area (Å²) in [6.45, 7) is 4.68. The summed E-state index contributed by atoms with van der Waals surface area (Å²) >= 11 is 1.53. The van der Waals surface area contributed by atoms with Crippen LogP contribution in [0, 0.1) is 6.92 Å². The third-order valence-electron chi connectivity index (χ3n) is 4.34. The van der Waals surface area contributed by atoms with E-state index in [2.05, 4.69) is 6.07 Å². The van der Waals surface area contributed by atoms with Crippen LogP contribution < -0.4 is 0 Å². The number of benzene rings is 1. The molecule has 24 heavy (non-hydrogen) atoms. The maximum absolute atomic E-state index is 12.6. The van der Waals surface area contributed by atoms with Crippen LogP contribution in [0.2, 0.25) is 0 Å². The van der Waals surface area contributed by atoms with Crippen molar-refractivity contribution in [3.8, 4) is 0 Å². The lowest BCUT2D eigenvalue weighted by Crippen LogP contribution is -2.37. The monoisotopic (exact) mass is 342 g/mol. The zero-order chi connectivity index (χ0) is 16.9. The quantitative estimate of drug-likeness (QED) is 0.860. The van der Waals surface area contributed by atoms with Crippen molar-refractivity contribution in [2.45, 2.75) is 19.8 Å². The van der Waals surface area contributed by atoms with Gasteiger partial charge in [0.15, 0.2) is 0 Å². The fourth-order valence-electron chi connectivity index (χ4n) is 3.05. The number of aryl methyl sites for hydroxylation is 1. The van der Waals surface area contributed by atoms with E-state index in [1.54, 1.807) is 0 Å². The van der Waals surface area contributed by atoms with Crippen molar-refractivity contribution in [3.05, 3.63) is 57.8 Å². The minimum absolute atomic E-state index is 0.0734. The van der Waals surface area contributed by atoms with Gasteiger partial charge < -0.3 is 9.80 Å². The van der Waals surface area contributed by atoms with Crippen LogP contribution in [-0.2, 0) is 11.2 Å². The first-order chi connectivity index (χ1) is 11.6. The Hall–Kier alpha value is -2.14. The lowest BCUT2D eigenvalue weighted by molar-refractivity contribution is -0.130. The fourth-order valence-corrected chi connectivity index (χ4v) is 3.68. The third-order valence-corrected chi connectivity index (χ3v) is 5.03. The maximum atomic E-state index is 12.6. The Balaban J connectivity index is 1.59. The highest BCUT2D eigenvalue weighted by atomic mass is 32.1. The molecular formula is C19H22N2O2S. The number of carbonyl (C=O) groups excluding carboxylic acids is 2.